The molecule has 2 N–H and O–H groups in total. The molecule has 6 nitrogen and oxygen atoms in total. The number of hydrogen-bond donors (Lipinski definition) is 2. The number of anilines is 1. The highest BCUT2D eigenvalue weighted by Gasteiger charge is 2.11. The van der Waals surface area contributed by atoms with E-state index in [1.165, 1.54) is 9.47 Å². The Balaban J connectivity index is 3.60. The standard InChI is InChI=1S/C8H12N4O2/c1-5-6(11(2)4-9)7(13)10-8(14)12(5)3/h4,9H,1-3H3,(H,10,13,14). The van der Waals surface area contributed by atoms with Crippen molar-refractivity contribution in [3.8, 4) is 0 Å². The molecule has 0 saturated heterocycles. The Bertz CT molecular complexity index is 471. The smallest absolute Gasteiger partial charge is 0.328 e. The van der Waals surface area contributed by atoms with Crippen molar-refractivity contribution in [3.63, 3.8) is 0 Å². The monoisotopic (exact) mass is 196 g/mol. The molecule has 0 radical (unpaired) electrons. The van der Waals surface area contributed by atoms with Crippen molar-refractivity contribution in [1.82, 2.24) is 9.55 Å². The first-order chi connectivity index (χ1) is 6.49. The summed E-state index contributed by atoms with van der Waals surface area (Å²) in [5, 5.41) is 7.02. The van der Waals surface area contributed by atoms with Crippen LogP contribution in [0.5, 0.6) is 0 Å². The highest BCUT2D eigenvalue weighted by atomic mass is 16.2. The van der Waals surface area contributed by atoms with Gasteiger partial charge in [-0.15, -0.1) is 0 Å². The SMILES string of the molecule is Cc1c(N(C)C=N)c(=O)[nH]c(=O)n1C. The zero-order valence-electron chi connectivity index (χ0n) is 8.29. The lowest BCUT2D eigenvalue weighted by Gasteiger charge is -2.15. The van der Waals surface area contributed by atoms with E-state index < -0.39 is 11.2 Å². The van der Waals surface area contributed by atoms with Crippen LogP contribution >= 0.6 is 0 Å². The van der Waals surface area contributed by atoms with Gasteiger partial charge in [0.1, 0.15) is 5.69 Å². The third kappa shape index (κ3) is 1.46. The van der Waals surface area contributed by atoms with Crippen molar-refractivity contribution < 1.29 is 0 Å². The first kappa shape index (κ1) is 10.2. The molecule has 0 saturated carbocycles. The molecular weight excluding hydrogens is 184 g/mol. The zero-order chi connectivity index (χ0) is 10.9. The molecule has 0 aliphatic carbocycles. The van der Waals surface area contributed by atoms with Crippen LogP contribution in [0.15, 0.2) is 9.59 Å². The average molecular weight is 196 g/mol. The van der Waals surface area contributed by atoms with Gasteiger partial charge in [0.2, 0.25) is 0 Å². The van der Waals surface area contributed by atoms with Crippen LogP contribution in [0.3, 0.4) is 0 Å². The molecule has 6 heteroatoms. The molecule has 0 bridgehead atoms. The van der Waals surface area contributed by atoms with Gasteiger partial charge in [0.15, 0.2) is 0 Å². The fraction of sp³-hybridized carbons (Fsp3) is 0.375. The van der Waals surface area contributed by atoms with E-state index in [1.54, 1.807) is 21.0 Å². The predicted octanol–water partition coefficient (Wildman–Crippen LogP) is -0.575. The van der Waals surface area contributed by atoms with Gasteiger partial charge in [0, 0.05) is 19.8 Å². The van der Waals surface area contributed by atoms with Gasteiger partial charge < -0.3 is 4.90 Å². The van der Waals surface area contributed by atoms with E-state index in [1.807, 2.05) is 0 Å². The number of hydrogen-bond acceptors (Lipinski definition) is 3. The summed E-state index contributed by atoms with van der Waals surface area (Å²) in [5.74, 6) is 0. The van der Waals surface area contributed by atoms with Crippen LogP contribution in [-0.2, 0) is 7.05 Å². The van der Waals surface area contributed by atoms with Crippen molar-refractivity contribution in [3.05, 3.63) is 26.5 Å². The fourth-order valence-corrected chi connectivity index (χ4v) is 1.20. The molecule has 1 aromatic heterocycles. The van der Waals surface area contributed by atoms with Crippen LogP contribution in [0.4, 0.5) is 5.69 Å². The lowest BCUT2D eigenvalue weighted by Crippen LogP contribution is -2.35. The van der Waals surface area contributed by atoms with E-state index in [-0.39, 0.29) is 0 Å². The molecular formula is C8H12N4O2. The summed E-state index contributed by atoms with van der Waals surface area (Å²) in [6.45, 7) is 1.66. The summed E-state index contributed by atoms with van der Waals surface area (Å²) in [6.07, 6.45) is 1.02. The van der Waals surface area contributed by atoms with Crippen molar-refractivity contribution in [2.45, 2.75) is 6.92 Å². The Labute approximate surface area is 80.3 Å². The third-order valence-corrected chi connectivity index (χ3v) is 2.13. The van der Waals surface area contributed by atoms with E-state index in [0.29, 0.717) is 11.4 Å². The second kappa shape index (κ2) is 3.49. The molecule has 76 valence electrons. The highest BCUT2D eigenvalue weighted by Crippen LogP contribution is 2.07. The molecule has 0 aliphatic rings. The molecule has 0 amide bonds. The minimum atomic E-state index is -0.475. The Morgan fingerprint density at radius 3 is 2.57 bits per heavy atom. The van der Waals surface area contributed by atoms with E-state index in [0.717, 1.165) is 6.34 Å². The number of aromatic amines is 1. The van der Waals surface area contributed by atoms with Gasteiger partial charge in [0.25, 0.3) is 5.56 Å². The number of aromatic nitrogens is 2. The Kier molecular flexibility index (Phi) is 2.55. The van der Waals surface area contributed by atoms with Crippen LogP contribution in [-0.4, -0.2) is 22.9 Å². The lowest BCUT2D eigenvalue weighted by atomic mass is 10.3. The first-order valence-electron chi connectivity index (χ1n) is 4.02. The molecule has 0 fully saturated rings. The van der Waals surface area contributed by atoms with Gasteiger partial charge in [-0.05, 0) is 6.92 Å². The van der Waals surface area contributed by atoms with Crippen LogP contribution in [0.25, 0.3) is 0 Å². The highest BCUT2D eigenvalue weighted by molar-refractivity contribution is 5.76. The Hall–Kier alpha value is -1.85. The zero-order valence-corrected chi connectivity index (χ0v) is 8.29. The topological polar surface area (TPSA) is 82.0 Å². The normalized spacial score (nSPS) is 9.93. The quantitative estimate of drug-likeness (QED) is 0.490. The van der Waals surface area contributed by atoms with Crippen molar-refractivity contribution >= 4 is 12.0 Å². The molecule has 0 aliphatic heterocycles. The molecule has 0 aromatic carbocycles. The maximum Gasteiger partial charge on any atom is 0.328 e. The van der Waals surface area contributed by atoms with Crippen molar-refractivity contribution in [2.75, 3.05) is 11.9 Å². The number of nitrogens with zero attached hydrogens (tertiary/aromatic N) is 2. The van der Waals surface area contributed by atoms with Gasteiger partial charge in [-0.2, -0.15) is 0 Å². The Morgan fingerprint density at radius 2 is 2.07 bits per heavy atom. The number of H-pyrrole nitrogens is 1. The van der Waals surface area contributed by atoms with E-state index in [4.69, 9.17) is 5.41 Å². The van der Waals surface area contributed by atoms with E-state index in [2.05, 4.69) is 4.98 Å². The molecule has 14 heavy (non-hydrogen) atoms. The summed E-state index contributed by atoms with van der Waals surface area (Å²) in [6, 6.07) is 0. The summed E-state index contributed by atoms with van der Waals surface area (Å²) >= 11 is 0. The first-order valence-corrected chi connectivity index (χ1v) is 4.02. The molecule has 0 unspecified atom stereocenters. The van der Waals surface area contributed by atoms with E-state index >= 15 is 0 Å². The second-order valence-corrected chi connectivity index (χ2v) is 2.99. The van der Waals surface area contributed by atoms with Gasteiger partial charge in [-0.1, -0.05) is 0 Å². The Morgan fingerprint density at radius 1 is 1.50 bits per heavy atom. The molecule has 0 spiro atoms. The maximum absolute atomic E-state index is 11.4. The van der Waals surface area contributed by atoms with E-state index in [9.17, 15) is 9.59 Å². The minimum absolute atomic E-state index is 0.308. The van der Waals surface area contributed by atoms with Crippen molar-refractivity contribution in [2.24, 2.45) is 7.05 Å². The minimum Gasteiger partial charge on any atom is -0.330 e. The van der Waals surface area contributed by atoms with Gasteiger partial charge in [0.05, 0.1) is 6.34 Å². The molecule has 1 heterocycles. The van der Waals surface area contributed by atoms with Crippen molar-refractivity contribution in [1.29, 1.82) is 5.41 Å². The second-order valence-electron chi connectivity index (χ2n) is 2.99. The van der Waals surface area contributed by atoms with Crippen LogP contribution in [0, 0.1) is 12.3 Å². The molecule has 0 atom stereocenters. The van der Waals surface area contributed by atoms with Crippen LogP contribution in [0.1, 0.15) is 5.69 Å². The van der Waals surface area contributed by atoms with Gasteiger partial charge in [-0.25, -0.2) is 4.79 Å². The third-order valence-electron chi connectivity index (χ3n) is 2.13. The number of rotatable bonds is 2. The van der Waals surface area contributed by atoms with Crippen LogP contribution < -0.4 is 16.1 Å². The maximum atomic E-state index is 11.4. The van der Waals surface area contributed by atoms with Gasteiger partial charge in [-0.3, -0.25) is 19.8 Å². The van der Waals surface area contributed by atoms with Crippen LogP contribution in [0.2, 0.25) is 0 Å². The summed E-state index contributed by atoms with van der Waals surface area (Å²) in [5.41, 5.74) is -0.0851. The summed E-state index contributed by atoms with van der Waals surface area (Å²) in [7, 11) is 3.14. The lowest BCUT2D eigenvalue weighted by molar-refractivity contribution is 0.764. The molecule has 1 rings (SSSR count). The predicted molar refractivity (Wildman–Crippen MR) is 54.2 cm³/mol. The molecule has 1 aromatic rings. The summed E-state index contributed by atoms with van der Waals surface area (Å²) < 4.78 is 1.33. The average Bonchev–Trinajstić information content (AvgIpc) is 2.14. The largest absolute Gasteiger partial charge is 0.330 e. The number of nitrogens with one attached hydrogen (secondary N) is 2. The summed E-state index contributed by atoms with van der Waals surface area (Å²) in [4.78, 5) is 26.1. The van der Waals surface area contributed by atoms with Gasteiger partial charge >= 0.3 is 5.69 Å². The fourth-order valence-electron chi connectivity index (χ4n) is 1.20.